The first-order chi connectivity index (χ1) is 7.86. The molecule has 2 aliphatic carbocycles. The van der Waals surface area contributed by atoms with Crippen LogP contribution in [0.15, 0.2) is 32.6 Å². The van der Waals surface area contributed by atoms with Crippen molar-refractivity contribution < 1.29 is 14.6 Å². The van der Waals surface area contributed by atoms with Crippen LogP contribution in [0.25, 0.3) is 0 Å². The molecule has 0 saturated heterocycles. The van der Waals surface area contributed by atoms with Crippen molar-refractivity contribution in [3.8, 4) is 0 Å². The van der Waals surface area contributed by atoms with Gasteiger partial charge in [-0.2, -0.15) is 0 Å². The summed E-state index contributed by atoms with van der Waals surface area (Å²) in [5, 5.41) is 10.5. The van der Waals surface area contributed by atoms with Crippen LogP contribution in [0.1, 0.15) is 33.1 Å². The summed E-state index contributed by atoms with van der Waals surface area (Å²) in [4.78, 5) is 11.5. The molecule has 0 aromatic rings. The summed E-state index contributed by atoms with van der Waals surface area (Å²) in [6.45, 7) is 7.12. The Labute approximate surface area is 114 Å². The number of halogens is 1. The molecule has 92 valence electrons. The van der Waals surface area contributed by atoms with Crippen molar-refractivity contribution in [1.29, 1.82) is 0 Å². The third-order valence-corrected chi connectivity index (χ3v) is 4.67. The van der Waals surface area contributed by atoms with E-state index in [1.807, 2.05) is 6.92 Å². The molecule has 2 aliphatic rings. The van der Waals surface area contributed by atoms with Gasteiger partial charge in [-0.15, -0.1) is 0 Å². The molecule has 1 saturated carbocycles. The van der Waals surface area contributed by atoms with Gasteiger partial charge >= 0.3 is 5.97 Å². The molecule has 0 aliphatic heterocycles. The first kappa shape index (κ1) is 12.8. The first-order valence-electron chi connectivity index (χ1n) is 5.54. The Kier molecular flexibility index (Phi) is 3.20. The Bertz CT molecular complexity index is 473. The zero-order chi connectivity index (χ0) is 12.8. The smallest absolute Gasteiger partial charge is 0.338 e. The van der Waals surface area contributed by atoms with Gasteiger partial charge in [0, 0.05) is 21.1 Å². The average Bonchev–Trinajstić information content (AvgIpc) is 2.23. The molecule has 0 radical (unpaired) electrons. The molecule has 1 unspecified atom stereocenters. The number of fused-ring (bicyclic) bond motifs is 1. The van der Waals surface area contributed by atoms with Gasteiger partial charge in [-0.3, -0.25) is 0 Å². The normalized spacial score (nSPS) is 27.5. The van der Waals surface area contributed by atoms with Gasteiger partial charge in [0.05, 0.1) is 0 Å². The van der Waals surface area contributed by atoms with Crippen molar-refractivity contribution >= 4 is 28.6 Å². The summed E-state index contributed by atoms with van der Waals surface area (Å²) >= 11 is 2.20. The van der Waals surface area contributed by atoms with Gasteiger partial charge in [0.15, 0.2) is 0 Å². The van der Waals surface area contributed by atoms with Gasteiger partial charge < -0.3 is 9.84 Å². The van der Waals surface area contributed by atoms with Crippen molar-refractivity contribution in [2.45, 2.75) is 38.7 Å². The van der Waals surface area contributed by atoms with E-state index in [0.29, 0.717) is 17.8 Å². The number of hydrogen-bond donors (Lipinski definition) is 1. The zero-order valence-electron chi connectivity index (χ0n) is 9.97. The maximum Gasteiger partial charge on any atom is 0.338 e. The van der Waals surface area contributed by atoms with Crippen LogP contribution in [0, 0.1) is 0 Å². The monoisotopic (exact) mass is 346 g/mol. The van der Waals surface area contributed by atoms with Crippen LogP contribution >= 0.6 is 22.6 Å². The number of rotatable bonds is 2. The molecule has 1 atom stereocenters. The van der Waals surface area contributed by atoms with Crippen LogP contribution < -0.4 is 0 Å². The van der Waals surface area contributed by atoms with Crippen LogP contribution in [0.2, 0.25) is 0 Å². The molecule has 0 heterocycles. The first-order valence-corrected chi connectivity index (χ1v) is 6.62. The number of carbonyl (C=O) groups excluding carboxylic acids is 1. The highest BCUT2D eigenvalue weighted by Crippen LogP contribution is 2.51. The number of carbonyl (C=O) groups is 1. The zero-order valence-corrected chi connectivity index (χ0v) is 12.1. The van der Waals surface area contributed by atoms with Crippen molar-refractivity contribution in [2.24, 2.45) is 0 Å². The summed E-state index contributed by atoms with van der Waals surface area (Å²) in [6, 6.07) is 0. The Morgan fingerprint density at radius 2 is 2.24 bits per heavy atom. The number of allylic oxidation sites excluding steroid dienone is 1. The molecule has 17 heavy (non-hydrogen) atoms. The summed E-state index contributed by atoms with van der Waals surface area (Å²) in [7, 11) is 0. The second-order valence-corrected chi connectivity index (χ2v) is 5.94. The molecule has 1 fully saturated rings. The van der Waals surface area contributed by atoms with E-state index < -0.39 is 11.6 Å². The summed E-state index contributed by atoms with van der Waals surface area (Å²) in [5.41, 5.74) is 1.38. The van der Waals surface area contributed by atoms with Gasteiger partial charge in [-0.1, -0.05) is 6.58 Å². The number of esters is 1. The Balaban J connectivity index is 2.28. The molecule has 3 nitrogen and oxygen atoms in total. The highest BCUT2D eigenvalue weighted by molar-refractivity contribution is 14.1. The highest BCUT2D eigenvalue weighted by Gasteiger charge is 2.47. The molecule has 0 bridgehead atoms. The van der Waals surface area contributed by atoms with Crippen molar-refractivity contribution in [1.82, 2.24) is 0 Å². The maximum absolute atomic E-state index is 11.5. The van der Waals surface area contributed by atoms with Crippen LogP contribution in [0.3, 0.4) is 0 Å². The van der Waals surface area contributed by atoms with Crippen LogP contribution in [-0.2, 0) is 9.53 Å². The molecule has 0 amide bonds. The van der Waals surface area contributed by atoms with E-state index in [1.165, 1.54) is 0 Å². The van der Waals surface area contributed by atoms with E-state index in [-0.39, 0.29) is 0 Å². The number of ether oxygens (including phenoxy) is 1. The fraction of sp³-hybridized carbons (Fsp3) is 0.462. The molecule has 1 N–H and O–H groups in total. The molecular weight excluding hydrogens is 331 g/mol. The summed E-state index contributed by atoms with van der Waals surface area (Å²) in [5.74, 6) is 0.201. The number of hydrogen-bond acceptors (Lipinski definition) is 3. The minimum absolute atomic E-state index is 0.377. The molecule has 0 aromatic carbocycles. The minimum Gasteiger partial charge on any atom is -0.427 e. The van der Waals surface area contributed by atoms with E-state index in [1.54, 1.807) is 6.92 Å². The molecule has 4 heteroatoms. The Morgan fingerprint density at radius 3 is 2.71 bits per heavy atom. The van der Waals surface area contributed by atoms with Crippen LogP contribution in [-0.4, -0.2) is 16.7 Å². The van der Waals surface area contributed by atoms with Crippen LogP contribution in [0.4, 0.5) is 0 Å². The predicted octanol–water partition coefficient (Wildman–Crippen LogP) is 3.00. The fourth-order valence-electron chi connectivity index (χ4n) is 2.17. The lowest BCUT2D eigenvalue weighted by Gasteiger charge is -2.45. The van der Waals surface area contributed by atoms with Gasteiger partial charge in [0.1, 0.15) is 11.4 Å². The fourth-order valence-corrected chi connectivity index (χ4v) is 2.96. The molecule has 2 rings (SSSR count). The van der Waals surface area contributed by atoms with E-state index in [2.05, 4.69) is 29.2 Å². The quantitative estimate of drug-likeness (QED) is 0.475. The predicted molar refractivity (Wildman–Crippen MR) is 73.5 cm³/mol. The molecule has 0 aromatic heterocycles. The lowest BCUT2D eigenvalue weighted by Crippen LogP contribution is -2.44. The van der Waals surface area contributed by atoms with Crippen molar-refractivity contribution in [3.05, 3.63) is 32.6 Å². The second kappa shape index (κ2) is 4.24. The third-order valence-electron chi connectivity index (χ3n) is 3.48. The van der Waals surface area contributed by atoms with Gasteiger partial charge in [-0.25, -0.2) is 4.79 Å². The maximum atomic E-state index is 11.5. The van der Waals surface area contributed by atoms with Crippen molar-refractivity contribution in [2.75, 3.05) is 0 Å². The van der Waals surface area contributed by atoms with Gasteiger partial charge in [-0.05, 0) is 54.9 Å². The van der Waals surface area contributed by atoms with Gasteiger partial charge in [0.2, 0.25) is 0 Å². The molecular formula is C13H15IO3. The van der Waals surface area contributed by atoms with Gasteiger partial charge in [0.25, 0.3) is 0 Å². The average molecular weight is 346 g/mol. The van der Waals surface area contributed by atoms with E-state index in [4.69, 9.17) is 4.74 Å². The lowest BCUT2D eigenvalue weighted by atomic mass is 9.67. The molecule has 0 spiro atoms. The topological polar surface area (TPSA) is 46.5 Å². The van der Waals surface area contributed by atoms with E-state index in [0.717, 1.165) is 27.6 Å². The van der Waals surface area contributed by atoms with Crippen molar-refractivity contribution in [3.63, 3.8) is 0 Å². The second-order valence-electron chi connectivity index (χ2n) is 4.64. The Hall–Kier alpha value is -0.620. The Morgan fingerprint density at radius 1 is 1.59 bits per heavy atom. The number of aliphatic hydroxyl groups is 1. The van der Waals surface area contributed by atoms with Crippen LogP contribution in [0.5, 0.6) is 0 Å². The minimum atomic E-state index is -0.862. The SMILES string of the molecule is C=C(C)C(=O)OC1=C2CCC2(O)C(C)=C(I)C1. The lowest BCUT2D eigenvalue weighted by molar-refractivity contribution is -0.135. The standard InChI is InChI=1S/C13H15IO3/c1-7(2)12(15)17-11-6-10(14)8(3)13(16)5-4-9(11)13/h16H,1,4-6H2,2-3H3. The highest BCUT2D eigenvalue weighted by atomic mass is 127. The van der Waals surface area contributed by atoms with E-state index >= 15 is 0 Å². The summed E-state index contributed by atoms with van der Waals surface area (Å²) < 4.78 is 6.37. The third kappa shape index (κ3) is 1.97. The largest absolute Gasteiger partial charge is 0.427 e. The van der Waals surface area contributed by atoms with E-state index in [9.17, 15) is 9.90 Å². The summed E-state index contributed by atoms with van der Waals surface area (Å²) in [6.07, 6.45) is 2.12.